The van der Waals surface area contributed by atoms with Gasteiger partial charge in [-0.05, 0) is 30.0 Å². The molecule has 3 heteroatoms. The summed E-state index contributed by atoms with van der Waals surface area (Å²) in [7, 11) is 0. The molecule has 0 saturated heterocycles. The molecule has 0 amide bonds. The summed E-state index contributed by atoms with van der Waals surface area (Å²) in [5.74, 6) is 0.243. The fraction of sp³-hybridized carbons (Fsp3) is 0.417. The van der Waals surface area contributed by atoms with Gasteiger partial charge in [-0.25, -0.2) is 0 Å². The van der Waals surface area contributed by atoms with Crippen LogP contribution in [0.25, 0.3) is 0 Å². The summed E-state index contributed by atoms with van der Waals surface area (Å²) >= 11 is 3.86. The molecule has 2 nitrogen and oxygen atoms in total. The number of thiol groups is 1. The Balaban J connectivity index is 2.97. The Kier molecular flexibility index (Phi) is 4.21. The van der Waals surface area contributed by atoms with E-state index in [9.17, 15) is 9.90 Å². The van der Waals surface area contributed by atoms with Gasteiger partial charge in [0, 0.05) is 5.92 Å². The molecule has 0 heterocycles. The summed E-state index contributed by atoms with van der Waals surface area (Å²) in [4.78, 5) is 11.2. The summed E-state index contributed by atoms with van der Waals surface area (Å²) in [5, 5.41) is 9.27. The lowest BCUT2D eigenvalue weighted by Crippen LogP contribution is -2.14. The van der Waals surface area contributed by atoms with E-state index < -0.39 is 0 Å². The van der Waals surface area contributed by atoms with Crippen LogP contribution in [0.5, 0.6) is 5.75 Å². The molecule has 1 aromatic carbocycles. The molecule has 0 aromatic heterocycles. The van der Waals surface area contributed by atoms with Crippen molar-refractivity contribution in [1.82, 2.24) is 0 Å². The van der Waals surface area contributed by atoms with Crippen molar-refractivity contribution in [2.75, 3.05) is 0 Å². The normalized spacial score (nSPS) is 14.6. The third-order valence-electron chi connectivity index (χ3n) is 2.73. The van der Waals surface area contributed by atoms with Gasteiger partial charge < -0.3 is 5.11 Å². The van der Waals surface area contributed by atoms with Gasteiger partial charge in [-0.2, -0.15) is 0 Å². The molecule has 0 radical (unpaired) electrons. The highest BCUT2D eigenvalue weighted by atomic mass is 32.1. The van der Waals surface area contributed by atoms with Gasteiger partial charge in [0.25, 0.3) is 0 Å². The number of hydrogen-bond acceptors (Lipinski definition) is 2. The molecule has 0 saturated carbocycles. The first-order chi connectivity index (χ1) is 7.06. The van der Waals surface area contributed by atoms with Gasteiger partial charge in [0.15, 0.2) is 5.12 Å². The lowest BCUT2D eigenvalue weighted by atomic mass is 9.86. The minimum atomic E-state index is -0.125. The third kappa shape index (κ3) is 2.99. The number of rotatable bonds is 4. The van der Waals surface area contributed by atoms with E-state index in [0.717, 1.165) is 12.0 Å². The first-order valence-electron chi connectivity index (χ1n) is 5.08. The molecule has 0 fully saturated rings. The first-order valence-corrected chi connectivity index (χ1v) is 5.52. The number of phenols is 1. The van der Waals surface area contributed by atoms with E-state index in [2.05, 4.69) is 12.6 Å². The monoisotopic (exact) mass is 224 g/mol. The lowest BCUT2D eigenvalue weighted by molar-refractivity contribution is -0.114. The second kappa shape index (κ2) is 5.21. The van der Waals surface area contributed by atoms with Gasteiger partial charge in [0.1, 0.15) is 5.75 Å². The van der Waals surface area contributed by atoms with Crippen LogP contribution in [-0.4, -0.2) is 10.2 Å². The van der Waals surface area contributed by atoms with Crippen LogP contribution in [0.3, 0.4) is 0 Å². The summed E-state index contributed by atoms with van der Waals surface area (Å²) in [6.07, 6.45) is 0.858. The van der Waals surface area contributed by atoms with Gasteiger partial charge in [-0.1, -0.05) is 26.0 Å². The van der Waals surface area contributed by atoms with Crippen LogP contribution in [0.1, 0.15) is 31.7 Å². The van der Waals surface area contributed by atoms with Gasteiger partial charge in [-0.3, -0.25) is 4.79 Å². The zero-order valence-corrected chi connectivity index (χ0v) is 9.87. The van der Waals surface area contributed by atoms with Crippen LogP contribution in [0.2, 0.25) is 0 Å². The van der Waals surface area contributed by atoms with Crippen molar-refractivity contribution in [3.05, 3.63) is 29.8 Å². The fourth-order valence-corrected chi connectivity index (χ4v) is 1.99. The van der Waals surface area contributed by atoms with Crippen LogP contribution < -0.4 is 0 Å². The summed E-state index contributed by atoms with van der Waals surface area (Å²) < 4.78 is 0. The van der Waals surface area contributed by atoms with Gasteiger partial charge >= 0.3 is 0 Å². The maximum atomic E-state index is 11.2. The van der Waals surface area contributed by atoms with E-state index in [1.54, 1.807) is 18.2 Å². The topological polar surface area (TPSA) is 37.3 Å². The molecule has 2 atom stereocenters. The minimum absolute atomic E-state index is 0.106. The molecule has 1 N–H and O–H groups in total. The predicted molar refractivity (Wildman–Crippen MR) is 64.3 cm³/mol. The van der Waals surface area contributed by atoms with E-state index in [1.807, 2.05) is 19.9 Å². The highest BCUT2D eigenvalue weighted by molar-refractivity contribution is 7.96. The molecule has 0 aliphatic heterocycles. The third-order valence-corrected chi connectivity index (χ3v) is 3.14. The molecular formula is C12H16O2S. The van der Waals surface area contributed by atoms with Crippen LogP contribution in [0.15, 0.2) is 24.3 Å². The van der Waals surface area contributed by atoms with Crippen molar-refractivity contribution in [1.29, 1.82) is 0 Å². The number of aromatic hydroxyl groups is 1. The Hall–Kier alpha value is -0.960. The molecule has 0 aliphatic carbocycles. The molecule has 2 unspecified atom stereocenters. The predicted octanol–water partition coefficient (Wildman–Crippen LogP) is 2.98. The maximum Gasteiger partial charge on any atom is 0.189 e. The molecule has 0 bridgehead atoms. The Morgan fingerprint density at radius 1 is 1.53 bits per heavy atom. The van der Waals surface area contributed by atoms with Crippen LogP contribution >= 0.6 is 12.6 Å². The second-order valence-corrected chi connectivity index (χ2v) is 4.18. The molecule has 1 aromatic rings. The molecule has 1 rings (SSSR count). The number of hydrogen-bond donors (Lipinski definition) is 2. The van der Waals surface area contributed by atoms with Gasteiger partial charge in [0.2, 0.25) is 0 Å². The maximum absolute atomic E-state index is 11.2. The lowest BCUT2D eigenvalue weighted by Gasteiger charge is -2.20. The Bertz CT molecular complexity index is 349. The Labute approximate surface area is 95.7 Å². The standard InChI is InChI=1S/C12H16O2S/c1-3-11(8(2)12(14)15)9-5-4-6-10(13)7-9/h4-8,11,13H,3H2,1-2H3,(H,14,15). The quantitative estimate of drug-likeness (QED) is 0.771. The largest absolute Gasteiger partial charge is 0.508 e. The zero-order valence-electron chi connectivity index (χ0n) is 8.97. The summed E-state index contributed by atoms with van der Waals surface area (Å²) in [5.41, 5.74) is 0.993. The van der Waals surface area contributed by atoms with E-state index in [1.165, 1.54) is 0 Å². The Morgan fingerprint density at radius 2 is 2.20 bits per heavy atom. The number of phenolic OH excluding ortho intramolecular Hbond substituents is 1. The van der Waals surface area contributed by atoms with Crippen molar-refractivity contribution in [2.45, 2.75) is 26.2 Å². The average Bonchev–Trinajstić information content (AvgIpc) is 2.18. The highest BCUT2D eigenvalue weighted by Gasteiger charge is 2.21. The van der Waals surface area contributed by atoms with E-state index in [-0.39, 0.29) is 22.7 Å². The zero-order chi connectivity index (χ0) is 11.4. The van der Waals surface area contributed by atoms with E-state index in [4.69, 9.17) is 0 Å². The number of carbonyl (C=O) groups excluding carboxylic acids is 1. The smallest absolute Gasteiger partial charge is 0.189 e. The van der Waals surface area contributed by atoms with Crippen molar-refractivity contribution in [2.24, 2.45) is 5.92 Å². The van der Waals surface area contributed by atoms with E-state index >= 15 is 0 Å². The van der Waals surface area contributed by atoms with Gasteiger partial charge in [0.05, 0.1) is 0 Å². The molecule has 0 aliphatic rings. The second-order valence-electron chi connectivity index (χ2n) is 3.74. The van der Waals surface area contributed by atoms with Gasteiger partial charge in [-0.15, -0.1) is 12.6 Å². The Morgan fingerprint density at radius 3 is 2.67 bits per heavy atom. The van der Waals surface area contributed by atoms with Crippen LogP contribution in [0.4, 0.5) is 0 Å². The van der Waals surface area contributed by atoms with Crippen molar-refractivity contribution >= 4 is 17.7 Å². The average molecular weight is 224 g/mol. The van der Waals surface area contributed by atoms with Crippen molar-refractivity contribution in [3.8, 4) is 5.75 Å². The van der Waals surface area contributed by atoms with Crippen LogP contribution in [0, 0.1) is 5.92 Å². The number of carbonyl (C=O) groups is 1. The van der Waals surface area contributed by atoms with Crippen molar-refractivity contribution in [3.63, 3.8) is 0 Å². The highest BCUT2D eigenvalue weighted by Crippen LogP contribution is 2.30. The molecule has 15 heavy (non-hydrogen) atoms. The first kappa shape index (κ1) is 12.1. The van der Waals surface area contributed by atoms with Crippen molar-refractivity contribution < 1.29 is 9.90 Å². The van der Waals surface area contributed by atoms with E-state index in [0.29, 0.717) is 0 Å². The molecule has 82 valence electrons. The minimum Gasteiger partial charge on any atom is -0.508 e. The fourth-order valence-electron chi connectivity index (χ4n) is 1.81. The van der Waals surface area contributed by atoms with Crippen LogP contribution in [-0.2, 0) is 4.79 Å². The summed E-state index contributed by atoms with van der Waals surface area (Å²) in [6, 6.07) is 7.06. The number of benzene rings is 1. The SMILES string of the molecule is CCC(c1cccc(O)c1)C(C)C(=O)S. The molecular weight excluding hydrogens is 208 g/mol. The molecule has 0 spiro atoms. The summed E-state index contributed by atoms with van der Waals surface area (Å²) in [6.45, 7) is 3.90.